The Bertz CT molecular complexity index is 753. The molecule has 2 aromatic heterocycles. The summed E-state index contributed by atoms with van der Waals surface area (Å²) in [5, 5.41) is 18.7. The molecule has 1 fully saturated rings. The van der Waals surface area contributed by atoms with Crippen molar-refractivity contribution in [2.24, 2.45) is 5.92 Å². The number of hydrogen-bond donors (Lipinski definition) is 2. The number of hydrogen-bond acceptors (Lipinski definition) is 4. The highest BCUT2D eigenvalue weighted by atomic mass is 16.4. The fraction of sp³-hybridized carbons (Fsp3) is 0.333. The summed E-state index contributed by atoms with van der Waals surface area (Å²) >= 11 is 0. The van der Waals surface area contributed by atoms with Gasteiger partial charge >= 0.3 is 11.9 Å². The van der Waals surface area contributed by atoms with Crippen LogP contribution < -0.4 is 0 Å². The molecule has 0 atom stereocenters. The van der Waals surface area contributed by atoms with Crippen LogP contribution in [0, 0.1) is 5.92 Å². The fourth-order valence-corrected chi connectivity index (χ4v) is 3.41. The third kappa shape index (κ3) is 3.13. The molecule has 2 heterocycles. The van der Waals surface area contributed by atoms with Crippen LogP contribution in [-0.4, -0.2) is 32.1 Å². The maximum Gasteiger partial charge on any atom is 0.336 e. The van der Waals surface area contributed by atoms with Gasteiger partial charge in [0, 0.05) is 12.4 Å². The second kappa shape index (κ2) is 6.78. The van der Waals surface area contributed by atoms with Crippen molar-refractivity contribution in [1.29, 1.82) is 0 Å². The molecule has 24 heavy (non-hydrogen) atoms. The van der Waals surface area contributed by atoms with Gasteiger partial charge in [0.1, 0.15) is 0 Å². The normalized spacial score (nSPS) is 20.5. The average Bonchev–Trinajstić information content (AvgIpc) is 2.62. The number of aliphatic carboxylic acids is 1. The molecule has 0 bridgehead atoms. The minimum atomic E-state index is -0.995. The highest BCUT2D eigenvalue weighted by Crippen LogP contribution is 2.40. The number of nitrogens with zero attached hydrogens (tertiary/aromatic N) is 2. The van der Waals surface area contributed by atoms with Gasteiger partial charge in [0.2, 0.25) is 0 Å². The van der Waals surface area contributed by atoms with Gasteiger partial charge in [0.15, 0.2) is 0 Å². The first-order valence-corrected chi connectivity index (χ1v) is 7.94. The Labute approximate surface area is 139 Å². The molecule has 6 heteroatoms. The zero-order valence-electron chi connectivity index (χ0n) is 13.1. The molecule has 0 radical (unpaired) electrons. The van der Waals surface area contributed by atoms with Gasteiger partial charge in [-0.1, -0.05) is 6.07 Å². The molecule has 3 rings (SSSR count). The summed E-state index contributed by atoms with van der Waals surface area (Å²) in [4.78, 5) is 31.5. The Kier molecular flexibility index (Phi) is 4.55. The minimum absolute atomic E-state index is 0.0163. The number of aromatic nitrogens is 2. The number of rotatable bonds is 4. The van der Waals surface area contributed by atoms with Crippen LogP contribution in [0.5, 0.6) is 0 Å². The van der Waals surface area contributed by atoms with Crippen molar-refractivity contribution in [2.75, 3.05) is 0 Å². The number of carboxylic acids is 2. The van der Waals surface area contributed by atoms with Crippen molar-refractivity contribution in [3.8, 4) is 11.4 Å². The Balaban J connectivity index is 2.02. The van der Waals surface area contributed by atoms with Crippen LogP contribution in [0.1, 0.15) is 47.5 Å². The standard InChI is InChI=1S/C18H18N2O4/c21-17(22)12-6-4-11(5-7-12)15-13(18(23)24)8-10-20-16(15)14-3-1-2-9-19-14/h1-3,8-12H,4-7H2,(H,21,22)(H,23,24). The lowest BCUT2D eigenvalue weighted by Gasteiger charge is -2.28. The van der Waals surface area contributed by atoms with E-state index in [-0.39, 0.29) is 17.4 Å². The first-order valence-electron chi connectivity index (χ1n) is 7.94. The summed E-state index contributed by atoms with van der Waals surface area (Å²) in [6.07, 6.45) is 5.52. The Hall–Kier alpha value is -2.76. The van der Waals surface area contributed by atoms with E-state index in [1.54, 1.807) is 18.3 Å². The molecule has 1 aliphatic carbocycles. The molecule has 0 unspecified atom stereocenters. The molecule has 6 nitrogen and oxygen atoms in total. The maximum atomic E-state index is 11.7. The van der Waals surface area contributed by atoms with Gasteiger partial charge in [0.25, 0.3) is 0 Å². The van der Waals surface area contributed by atoms with Crippen molar-refractivity contribution < 1.29 is 19.8 Å². The molecule has 2 aromatic rings. The number of carbonyl (C=O) groups is 2. The Morgan fingerprint density at radius 1 is 0.958 bits per heavy atom. The summed E-state index contributed by atoms with van der Waals surface area (Å²) in [6.45, 7) is 0. The fourth-order valence-electron chi connectivity index (χ4n) is 3.41. The van der Waals surface area contributed by atoms with Crippen LogP contribution in [0.25, 0.3) is 11.4 Å². The van der Waals surface area contributed by atoms with Gasteiger partial charge in [0.05, 0.1) is 22.9 Å². The van der Waals surface area contributed by atoms with E-state index in [9.17, 15) is 14.7 Å². The maximum absolute atomic E-state index is 11.7. The van der Waals surface area contributed by atoms with Gasteiger partial charge in [-0.05, 0) is 55.4 Å². The van der Waals surface area contributed by atoms with Crippen molar-refractivity contribution in [3.63, 3.8) is 0 Å². The summed E-state index contributed by atoms with van der Waals surface area (Å²) in [6, 6.07) is 6.94. The zero-order chi connectivity index (χ0) is 17.1. The highest BCUT2D eigenvalue weighted by molar-refractivity contribution is 5.91. The zero-order valence-corrected chi connectivity index (χ0v) is 13.1. The summed E-state index contributed by atoms with van der Waals surface area (Å²) in [5.74, 6) is -2.13. The van der Waals surface area contributed by atoms with E-state index in [2.05, 4.69) is 9.97 Å². The molecular formula is C18H18N2O4. The van der Waals surface area contributed by atoms with Crippen LogP contribution in [-0.2, 0) is 4.79 Å². The summed E-state index contributed by atoms with van der Waals surface area (Å²) < 4.78 is 0. The van der Waals surface area contributed by atoms with Gasteiger partial charge < -0.3 is 10.2 Å². The topological polar surface area (TPSA) is 100 Å². The summed E-state index contributed by atoms with van der Waals surface area (Å²) in [7, 11) is 0. The second-order valence-electron chi connectivity index (χ2n) is 6.03. The first-order chi connectivity index (χ1) is 11.6. The molecule has 0 aromatic carbocycles. The van der Waals surface area contributed by atoms with E-state index in [0.717, 1.165) is 0 Å². The molecule has 1 saturated carbocycles. The molecule has 2 N–H and O–H groups in total. The van der Waals surface area contributed by atoms with E-state index >= 15 is 0 Å². The van der Waals surface area contributed by atoms with E-state index in [1.165, 1.54) is 12.3 Å². The lowest BCUT2D eigenvalue weighted by Crippen LogP contribution is -2.22. The van der Waals surface area contributed by atoms with Crippen LogP contribution in [0.2, 0.25) is 0 Å². The van der Waals surface area contributed by atoms with Crippen molar-refractivity contribution in [2.45, 2.75) is 31.6 Å². The largest absolute Gasteiger partial charge is 0.481 e. The van der Waals surface area contributed by atoms with E-state index < -0.39 is 11.9 Å². The Morgan fingerprint density at radius 2 is 1.71 bits per heavy atom. The second-order valence-corrected chi connectivity index (χ2v) is 6.03. The SMILES string of the molecule is O=C(O)c1ccnc(-c2ccccn2)c1C1CCC(C(=O)O)CC1. The van der Waals surface area contributed by atoms with Crippen molar-refractivity contribution in [3.05, 3.63) is 47.8 Å². The van der Waals surface area contributed by atoms with E-state index in [4.69, 9.17) is 5.11 Å². The predicted octanol–water partition coefficient (Wildman–Crippen LogP) is 3.20. The number of carboxylic acid groups (broad SMARTS) is 2. The number of aromatic carboxylic acids is 1. The van der Waals surface area contributed by atoms with Crippen molar-refractivity contribution >= 4 is 11.9 Å². The van der Waals surface area contributed by atoms with Crippen LogP contribution in [0.15, 0.2) is 36.7 Å². The molecular weight excluding hydrogens is 308 g/mol. The van der Waals surface area contributed by atoms with Gasteiger partial charge in [-0.3, -0.25) is 14.8 Å². The highest BCUT2D eigenvalue weighted by Gasteiger charge is 2.31. The van der Waals surface area contributed by atoms with Crippen molar-refractivity contribution in [1.82, 2.24) is 9.97 Å². The van der Waals surface area contributed by atoms with E-state index in [1.807, 2.05) is 6.07 Å². The lowest BCUT2D eigenvalue weighted by atomic mass is 9.76. The number of pyridine rings is 2. The Morgan fingerprint density at radius 3 is 2.29 bits per heavy atom. The van der Waals surface area contributed by atoms with Gasteiger partial charge in [-0.25, -0.2) is 4.79 Å². The first kappa shape index (κ1) is 16.1. The molecule has 1 aliphatic rings. The van der Waals surface area contributed by atoms with Gasteiger partial charge in [-0.15, -0.1) is 0 Å². The summed E-state index contributed by atoms with van der Waals surface area (Å²) in [5.41, 5.74) is 2.11. The molecule has 0 aliphatic heterocycles. The van der Waals surface area contributed by atoms with Crippen LogP contribution in [0.4, 0.5) is 0 Å². The molecule has 0 spiro atoms. The van der Waals surface area contributed by atoms with Crippen LogP contribution in [0.3, 0.4) is 0 Å². The quantitative estimate of drug-likeness (QED) is 0.895. The molecule has 0 saturated heterocycles. The third-order valence-corrected chi connectivity index (χ3v) is 4.61. The third-order valence-electron chi connectivity index (χ3n) is 4.61. The monoisotopic (exact) mass is 326 g/mol. The average molecular weight is 326 g/mol. The minimum Gasteiger partial charge on any atom is -0.481 e. The van der Waals surface area contributed by atoms with Crippen LogP contribution >= 0.6 is 0 Å². The molecule has 0 amide bonds. The van der Waals surface area contributed by atoms with Gasteiger partial charge in [-0.2, -0.15) is 0 Å². The smallest absolute Gasteiger partial charge is 0.336 e. The lowest BCUT2D eigenvalue weighted by molar-refractivity contribution is -0.142. The predicted molar refractivity (Wildman–Crippen MR) is 86.8 cm³/mol. The van der Waals surface area contributed by atoms with E-state index in [0.29, 0.717) is 42.6 Å². The molecule has 124 valence electrons.